The summed E-state index contributed by atoms with van der Waals surface area (Å²) >= 11 is 6.42. The third kappa shape index (κ3) is 5.82. The smallest absolute Gasteiger partial charge is 0.336 e. The Labute approximate surface area is 186 Å². The maximum Gasteiger partial charge on any atom is 0.336 e. The molecule has 0 saturated carbocycles. The summed E-state index contributed by atoms with van der Waals surface area (Å²) in [6, 6.07) is 7.05. The highest BCUT2D eigenvalue weighted by atomic mass is 79.9. The van der Waals surface area contributed by atoms with E-state index in [-0.39, 0.29) is 35.8 Å². The van der Waals surface area contributed by atoms with Crippen LogP contribution in [0.25, 0.3) is 0 Å². The average Bonchev–Trinajstić information content (AvgIpc) is 2.67. The van der Waals surface area contributed by atoms with Crippen LogP contribution in [0.1, 0.15) is 25.3 Å². The molecule has 0 aliphatic carbocycles. The molecule has 0 bridgehead atoms. The molecule has 7 nitrogen and oxygen atoms in total. The molecular formula is C20H26BrClN2O5. The van der Waals surface area contributed by atoms with E-state index in [1.165, 1.54) is 7.11 Å². The summed E-state index contributed by atoms with van der Waals surface area (Å²) in [5, 5.41) is 3.52. The summed E-state index contributed by atoms with van der Waals surface area (Å²) in [6.07, 6.45) is 0. The van der Waals surface area contributed by atoms with Crippen molar-refractivity contribution in [3.8, 4) is 0 Å². The van der Waals surface area contributed by atoms with E-state index in [0.717, 1.165) is 0 Å². The first-order valence-electron chi connectivity index (χ1n) is 8.94. The number of methoxy groups -OCH3 is 1. The summed E-state index contributed by atoms with van der Waals surface area (Å²) in [7, 11) is 1.29. The quantitative estimate of drug-likeness (QED) is 0.428. The summed E-state index contributed by atoms with van der Waals surface area (Å²) in [6.45, 7) is 4.42. The number of carbonyl (C=O) groups is 2. The van der Waals surface area contributed by atoms with E-state index in [9.17, 15) is 9.59 Å². The van der Waals surface area contributed by atoms with Crippen molar-refractivity contribution in [1.82, 2.24) is 5.32 Å². The number of halogens is 2. The summed E-state index contributed by atoms with van der Waals surface area (Å²) < 4.78 is 15.8. The maximum atomic E-state index is 12.9. The molecule has 0 saturated heterocycles. The monoisotopic (exact) mass is 488 g/mol. The summed E-state index contributed by atoms with van der Waals surface area (Å²) in [4.78, 5) is 25.5. The third-order valence-electron chi connectivity index (χ3n) is 4.27. The first-order valence-corrected chi connectivity index (χ1v) is 9.32. The lowest BCUT2D eigenvalue weighted by Gasteiger charge is -2.31. The molecule has 1 aliphatic heterocycles. The minimum absolute atomic E-state index is 0. The Bertz CT molecular complexity index is 810. The normalized spacial score (nSPS) is 16.1. The van der Waals surface area contributed by atoms with Gasteiger partial charge in [-0.15, -0.1) is 17.0 Å². The van der Waals surface area contributed by atoms with E-state index >= 15 is 0 Å². The summed E-state index contributed by atoms with van der Waals surface area (Å²) in [5.41, 5.74) is 7.70. The van der Waals surface area contributed by atoms with Crippen molar-refractivity contribution in [2.75, 3.05) is 33.5 Å². The number of nitrogens with one attached hydrogen (secondary N) is 1. The molecule has 3 N–H and O–H groups in total. The Balaban J connectivity index is 0.00000420. The molecular weight excluding hydrogens is 464 g/mol. The number of carbonyl (C=O) groups excluding carboxylic acids is 2. The second kappa shape index (κ2) is 12.0. The van der Waals surface area contributed by atoms with Gasteiger partial charge < -0.3 is 25.3 Å². The molecule has 160 valence electrons. The molecule has 0 unspecified atom stereocenters. The second-order valence-electron chi connectivity index (χ2n) is 6.06. The zero-order chi connectivity index (χ0) is 20.7. The van der Waals surface area contributed by atoms with E-state index < -0.39 is 17.9 Å². The van der Waals surface area contributed by atoms with Gasteiger partial charge in [-0.2, -0.15) is 0 Å². The number of dihydropyridines is 1. The molecule has 1 aliphatic rings. The molecule has 9 heteroatoms. The van der Waals surface area contributed by atoms with Gasteiger partial charge in [0.25, 0.3) is 0 Å². The average molecular weight is 490 g/mol. The molecule has 1 atom stereocenters. The highest BCUT2D eigenvalue weighted by Gasteiger charge is 2.39. The number of allylic oxidation sites excluding steroid dienone is 1. The fourth-order valence-corrected chi connectivity index (χ4v) is 3.36. The van der Waals surface area contributed by atoms with Gasteiger partial charge in [-0.05, 0) is 25.5 Å². The van der Waals surface area contributed by atoms with Crippen molar-refractivity contribution in [2.45, 2.75) is 19.8 Å². The predicted octanol–water partition coefficient (Wildman–Crippen LogP) is 2.84. The van der Waals surface area contributed by atoms with Crippen molar-refractivity contribution >= 4 is 40.5 Å². The SMILES string of the molecule is Br.CCOC(=O)C1=C(COCCN)NC(C)=C(C(=O)OC)[C@@H]1c1ccccc1Cl. The minimum atomic E-state index is -0.752. The van der Waals surface area contributed by atoms with Crippen LogP contribution in [0.5, 0.6) is 0 Å². The van der Waals surface area contributed by atoms with E-state index in [2.05, 4.69) is 5.32 Å². The molecule has 0 spiro atoms. The first kappa shape index (κ1) is 25.2. The Morgan fingerprint density at radius 2 is 1.90 bits per heavy atom. The Kier molecular flexibility index (Phi) is 10.4. The van der Waals surface area contributed by atoms with E-state index in [1.807, 2.05) is 0 Å². The molecule has 1 aromatic carbocycles. The van der Waals surface area contributed by atoms with Crippen LogP contribution in [0.15, 0.2) is 46.8 Å². The summed E-state index contributed by atoms with van der Waals surface area (Å²) in [5.74, 6) is -1.86. The largest absolute Gasteiger partial charge is 0.466 e. The second-order valence-corrected chi connectivity index (χ2v) is 6.47. The number of rotatable bonds is 8. The predicted molar refractivity (Wildman–Crippen MR) is 116 cm³/mol. The van der Waals surface area contributed by atoms with Crippen molar-refractivity contribution < 1.29 is 23.8 Å². The van der Waals surface area contributed by atoms with Crippen molar-refractivity contribution in [3.63, 3.8) is 0 Å². The fraction of sp³-hybridized carbons (Fsp3) is 0.400. The van der Waals surface area contributed by atoms with Crippen LogP contribution in [0.3, 0.4) is 0 Å². The maximum absolute atomic E-state index is 12.9. The van der Waals surface area contributed by atoms with Gasteiger partial charge in [-0.25, -0.2) is 9.59 Å². The highest BCUT2D eigenvalue weighted by Crippen LogP contribution is 2.41. The van der Waals surface area contributed by atoms with Gasteiger partial charge in [-0.3, -0.25) is 0 Å². The van der Waals surface area contributed by atoms with Crippen LogP contribution < -0.4 is 11.1 Å². The van der Waals surface area contributed by atoms with Crippen molar-refractivity contribution in [3.05, 3.63) is 57.4 Å². The molecule has 1 heterocycles. The lowest BCUT2D eigenvalue weighted by molar-refractivity contribution is -0.139. The lowest BCUT2D eigenvalue weighted by Crippen LogP contribution is -2.35. The fourth-order valence-electron chi connectivity index (χ4n) is 3.12. The van der Waals surface area contributed by atoms with Gasteiger partial charge >= 0.3 is 11.9 Å². The van der Waals surface area contributed by atoms with Gasteiger partial charge in [0.1, 0.15) is 0 Å². The number of hydrogen-bond donors (Lipinski definition) is 2. The molecule has 0 radical (unpaired) electrons. The highest BCUT2D eigenvalue weighted by molar-refractivity contribution is 8.93. The topological polar surface area (TPSA) is 99.9 Å². The third-order valence-corrected chi connectivity index (χ3v) is 4.61. The molecule has 1 aromatic rings. The van der Waals surface area contributed by atoms with Crippen LogP contribution in [-0.4, -0.2) is 45.4 Å². The van der Waals surface area contributed by atoms with Crippen LogP contribution in [0, 0.1) is 0 Å². The Morgan fingerprint density at radius 3 is 2.48 bits per heavy atom. The zero-order valence-electron chi connectivity index (χ0n) is 16.6. The molecule has 0 amide bonds. The number of benzene rings is 1. The van der Waals surface area contributed by atoms with Gasteiger partial charge in [0.15, 0.2) is 0 Å². The number of hydrogen-bond acceptors (Lipinski definition) is 7. The standard InChI is InChI=1S/C20H25ClN2O5.BrH/c1-4-28-20(25)18-15(11-27-10-9-22)23-12(2)16(19(24)26-3)17(18)13-7-5-6-8-14(13)21;/h5-8,17,23H,4,9-11,22H2,1-3H3;1H/t17-;/m0./s1. The van der Waals surface area contributed by atoms with Crippen LogP contribution in [0.4, 0.5) is 0 Å². The minimum Gasteiger partial charge on any atom is -0.466 e. The van der Waals surface area contributed by atoms with Crippen molar-refractivity contribution in [2.24, 2.45) is 5.73 Å². The van der Waals surface area contributed by atoms with E-state index in [1.54, 1.807) is 38.1 Å². The van der Waals surface area contributed by atoms with Gasteiger partial charge in [0.05, 0.1) is 49.7 Å². The van der Waals surface area contributed by atoms with E-state index in [0.29, 0.717) is 40.7 Å². The zero-order valence-corrected chi connectivity index (χ0v) is 19.1. The van der Waals surface area contributed by atoms with Crippen molar-refractivity contribution in [1.29, 1.82) is 0 Å². The van der Waals surface area contributed by atoms with E-state index in [4.69, 9.17) is 31.5 Å². The van der Waals surface area contributed by atoms with Gasteiger partial charge in [-0.1, -0.05) is 29.8 Å². The number of esters is 2. The van der Waals surface area contributed by atoms with Crippen LogP contribution in [-0.2, 0) is 23.8 Å². The van der Waals surface area contributed by atoms with Crippen LogP contribution >= 0.6 is 28.6 Å². The number of nitrogens with two attached hydrogens (primary N) is 1. The Morgan fingerprint density at radius 1 is 1.21 bits per heavy atom. The molecule has 0 fully saturated rings. The van der Waals surface area contributed by atoms with Gasteiger partial charge in [0.2, 0.25) is 0 Å². The number of ether oxygens (including phenoxy) is 3. The van der Waals surface area contributed by atoms with Gasteiger partial charge in [0, 0.05) is 17.3 Å². The molecule has 0 aromatic heterocycles. The molecule has 2 rings (SSSR count). The Hall–Kier alpha value is -1.87. The van der Waals surface area contributed by atoms with Crippen LogP contribution in [0.2, 0.25) is 5.02 Å². The first-order chi connectivity index (χ1) is 13.5. The lowest BCUT2D eigenvalue weighted by atomic mass is 9.80. The molecule has 29 heavy (non-hydrogen) atoms.